The first kappa shape index (κ1) is 21.5. The molecule has 7 aromatic rings. The summed E-state index contributed by atoms with van der Waals surface area (Å²) < 4.78 is 19.8. The van der Waals surface area contributed by atoms with Crippen LogP contribution in [-0.4, -0.2) is 26.3 Å². The molecule has 186 valence electrons. The smallest absolute Gasteiger partial charge is 0.234 e. The Bertz CT molecular complexity index is 2100. The monoisotopic (exact) mass is 506 g/mol. The van der Waals surface area contributed by atoms with Crippen LogP contribution in [0.1, 0.15) is 32.0 Å². The number of halogens is 1. The van der Waals surface area contributed by atoms with E-state index in [2.05, 4.69) is 92.1 Å². The lowest BCUT2D eigenvalue weighted by Crippen LogP contribution is -2.59. The van der Waals surface area contributed by atoms with Crippen molar-refractivity contribution < 1.29 is 4.39 Å². The van der Waals surface area contributed by atoms with Crippen molar-refractivity contribution in [1.29, 1.82) is 0 Å². The fourth-order valence-electron chi connectivity index (χ4n) is 7.16. The molecule has 0 unspecified atom stereocenters. The summed E-state index contributed by atoms with van der Waals surface area (Å²) in [6.07, 6.45) is 0. The molecule has 0 aliphatic carbocycles. The van der Waals surface area contributed by atoms with E-state index < -0.39 is 5.95 Å². The third-order valence-corrected chi connectivity index (χ3v) is 8.90. The van der Waals surface area contributed by atoms with E-state index in [1.165, 1.54) is 27.2 Å². The zero-order valence-corrected chi connectivity index (χ0v) is 22.2. The largest absolute Gasteiger partial charge is 0.252 e. The Kier molecular flexibility index (Phi) is 3.72. The maximum absolute atomic E-state index is 15.9. The molecular weight excluding hydrogens is 482 g/mol. The number of hydrogen-bond donors (Lipinski definition) is 0. The molecule has 0 radical (unpaired) electrons. The van der Waals surface area contributed by atoms with Crippen molar-refractivity contribution in [2.45, 2.75) is 33.1 Å². The van der Waals surface area contributed by atoms with Crippen molar-refractivity contribution in [2.24, 2.45) is 0 Å². The summed E-state index contributed by atoms with van der Waals surface area (Å²) in [5.74, 6) is -0.422. The summed E-state index contributed by atoms with van der Waals surface area (Å²) >= 11 is 0. The summed E-state index contributed by atoms with van der Waals surface area (Å²) in [6, 6.07) is 25.7. The van der Waals surface area contributed by atoms with Gasteiger partial charge in [-0.25, -0.2) is 9.36 Å². The van der Waals surface area contributed by atoms with E-state index in [0.29, 0.717) is 5.39 Å². The lowest BCUT2D eigenvalue weighted by molar-refractivity contribution is 0.573. The lowest BCUT2D eigenvalue weighted by Gasteiger charge is -2.34. The van der Waals surface area contributed by atoms with Gasteiger partial charge in [0.05, 0.1) is 33.5 Å². The van der Waals surface area contributed by atoms with Crippen molar-refractivity contribution in [1.82, 2.24) is 19.6 Å². The number of hydrogen-bond acceptors (Lipinski definition) is 2. The van der Waals surface area contributed by atoms with Crippen molar-refractivity contribution in [3.8, 4) is 11.4 Å². The second-order valence-electron chi connectivity index (χ2n) is 12.1. The third-order valence-electron chi connectivity index (χ3n) is 8.90. The number of rotatable bonds is 0. The molecule has 6 heteroatoms. The minimum absolute atomic E-state index is 0.0598. The van der Waals surface area contributed by atoms with Crippen LogP contribution >= 0.6 is 0 Å². The minimum atomic E-state index is -0.422. The first-order valence-electron chi connectivity index (χ1n) is 13.5. The standard InChI is InChI=1S/C33H24BFN4/c1-17-27-21-11-7-5-9-18(21)13-23-30(27)38(36-17)25-15-20(33(2,3)4)16-26-29(25)34(23)24-14-19-10-6-8-12-22(19)28-31(24)39(26)37-32(28)35/h5-16H,1-4H3. The zero-order valence-electron chi connectivity index (χ0n) is 22.2. The highest BCUT2D eigenvalue weighted by molar-refractivity contribution is 7.00. The van der Waals surface area contributed by atoms with E-state index in [-0.39, 0.29) is 12.1 Å². The Morgan fingerprint density at radius 2 is 1.26 bits per heavy atom. The summed E-state index contributed by atoms with van der Waals surface area (Å²) in [5, 5.41) is 15.8. The molecule has 0 bridgehead atoms. The Hall–Kier alpha value is -4.45. The maximum Gasteiger partial charge on any atom is 0.252 e. The van der Waals surface area contributed by atoms with Gasteiger partial charge in [-0.05, 0) is 68.0 Å². The van der Waals surface area contributed by atoms with Gasteiger partial charge < -0.3 is 0 Å². The fourth-order valence-corrected chi connectivity index (χ4v) is 7.16. The van der Waals surface area contributed by atoms with Crippen molar-refractivity contribution >= 4 is 66.5 Å². The molecule has 4 nitrogen and oxygen atoms in total. The molecule has 2 aliphatic rings. The topological polar surface area (TPSA) is 35.6 Å². The van der Waals surface area contributed by atoms with Gasteiger partial charge in [0.2, 0.25) is 5.95 Å². The molecule has 0 N–H and O–H groups in total. The summed E-state index contributed by atoms with van der Waals surface area (Å²) in [5.41, 5.74) is 9.55. The van der Waals surface area contributed by atoms with E-state index in [9.17, 15) is 0 Å². The van der Waals surface area contributed by atoms with Crippen LogP contribution in [0.3, 0.4) is 0 Å². The SMILES string of the molecule is Cc1nn2c3c(cc4ccccc4c13)B1c3c-2cc(C(C)(C)C)cc3-n2nc(F)c3c4ccccc4cc1c32. The molecule has 0 saturated carbocycles. The minimum Gasteiger partial charge on any atom is -0.234 e. The van der Waals surface area contributed by atoms with Gasteiger partial charge in [0.15, 0.2) is 0 Å². The number of fused-ring (bicyclic) bond motifs is 8. The Morgan fingerprint density at radius 1 is 0.718 bits per heavy atom. The molecule has 0 fully saturated rings. The highest BCUT2D eigenvalue weighted by Crippen LogP contribution is 2.38. The lowest BCUT2D eigenvalue weighted by atomic mass is 9.34. The maximum atomic E-state index is 15.9. The Balaban J connectivity index is 1.56. The third kappa shape index (κ3) is 2.50. The van der Waals surface area contributed by atoms with Crippen molar-refractivity contribution in [2.75, 3.05) is 0 Å². The van der Waals surface area contributed by atoms with Crippen LogP contribution in [-0.2, 0) is 5.41 Å². The second kappa shape index (κ2) is 6.76. The molecule has 4 heterocycles. The van der Waals surface area contributed by atoms with Crippen LogP contribution in [0, 0.1) is 12.9 Å². The normalized spacial score (nSPS) is 13.7. The van der Waals surface area contributed by atoms with Crippen LogP contribution in [0.25, 0.3) is 54.7 Å². The molecule has 0 saturated heterocycles. The quantitative estimate of drug-likeness (QED) is 0.253. The highest BCUT2D eigenvalue weighted by Gasteiger charge is 2.42. The number of benzene rings is 5. The highest BCUT2D eigenvalue weighted by atomic mass is 19.1. The van der Waals surface area contributed by atoms with Gasteiger partial charge in [-0.15, -0.1) is 5.10 Å². The Morgan fingerprint density at radius 3 is 1.87 bits per heavy atom. The van der Waals surface area contributed by atoms with E-state index in [1.54, 1.807) is 0 Å². The average molecular weight is 506 g/mol. The first-order chi connectivity index (χ1) is 18.8. The molecular formula is C33H24BFN4. The molecule has 39 heavy (non-hydrogen) atoms. The second-order valence-corrected chi connectivity index (χ2v) is 12.1. The van der Waals surface area contributed by atoms with Gasteiger partial charge in [0.25, 0.3) is 6.71 Å². The fraction of sp³-hybridized carbons (Fsp3) is 0.152. The molecule has 9 rings (SSSR count). The van der Waals surface area contributed by atoms with Crippen LogP contribution < -0.4 is 16.4 Å². The predicted octanol–water partition coefficient (Wildman–Crippen LogP) is 5.56. The van der Waals surface area contributed by atoms with Crippen molar-refractivity contribution in [3.63, 3.8) is 0 Å². The van der Waals surface area contributed by atoms with Gasteiger partial charge in [-0.1, -0.05) is 81.4 Å². The average Bonchev–Trinajstić information content (AvgIpc) is 3.46. The van der Waals surface area contributed by atoms with E-state index >= 15 is 4.39 Å². The van der Waals surface area contributed by atoms with Gasteiger partial charge in [-0.3, -0.25) is 0 Å². The van der Waals surface area contributed by atoms with E-state index in [0.717, 1.165) is 49.8 Å². The van der Waals surface area contributed by atoms with Crippen LogP contribution in [0.5, 0.6) is 0 Å². The van der Waals surface area contributed by atoms with Crippen molar-refractivity contribution in [3.05, 3.63) is 90.0 Å². The van der Waals surface area contributed by atoms with Crippen LogP contribution in [0.15, 0.2) is 72.8 Å². The number of aromatic nitrogens is 4. The van der Waals surface area contributed by atoms with E-state index in [4.69, 9.17) is 5.10 Å². The zero-order chi connectivity index (χ0) is 26.4. The molecule has 2 aliphatic heterocycles. The number of aryl methyl sites for hydroxylation is 1. The number of nitrogens with zero attached hydrogens (tertiary/aromatic N) is 4. The molecule has 0 atom stereocenters. The molecule has 5 aromatic carbocycles. The molecule has 0 amide bonds. The van der Waals surface area contributed by atoms with E-state index in [1.807, 2.05) is 22.9 Å². The van der Waals surface area contributed by atoms with Gasteiger partial charge in [-0.2, -0.15) is 9.49 Å². The van der Waals surface area contributed by atoms with Gasteiger partial charge in [0.1, 0.15) is 0 Å². The van der Waals surface area contributed by atoms with Crippen LogP contribution in [0.2, 0.25) is 0 Å². The summed E-state index contributed by atoms with van der Waals surface area (Å²) in [6.45, 7) is 8.71. The molecule has 0 spiro atoms. The van der Waals surface area contributed by atoms with Crippen LogP contribution in [0.4, 0.5) is 4.39 Å². The molecule has 2 aromatic heterocycles. The summed E-state index contributed by atoms with van der Waals surface area (Å²) in [4.78, 5) is 0. The Labute approximate surface area is 224 Å². The first-order valence-corrected chi connectivity index (χ1v) is 13.5. The predicted molar refractivity (Wildman–Crippen MR) is 159 cm³/mol. The van der Waals surface area contributed by atoms with Gasteiger partial charge in [0, 0.05) is 5.39 Å². The van der Waals surface area contributed by atoms with Gasteiger partial charge >= 0.3 is 0 Å². The summed E-state index contributed by atoms with van der Waals surface area (Å²) in [7, 11) is 0.